The van der Waals surface area contributed by atoms with Crippen LogP contribution in [-0.4, -0.2) is 29.4 Å². The summed E-state index contributed by atoms with van der Waals surface area (Å²) in [6.07, 6.45) is 0.249. The van der Waals surface area contributed by atoms with E-state index in [2.05, 4.69) is 17.2 Å². The van der Waals surface area contributed by atoms with Crippen LogP contribution in [0.1, 0.15) is 38.1 Å². The summed E-state index contributed by atoms with van der Waals surface area (Å²) in [6, 6.07) is 6.15. The number of carbonyl (C=O) groups is 3. The highest BCUT2D eigenvalue weighted by Gasteiger charge is 2.22. The van der Waals surface area contributed by atoms with Gasteiger partial charge in [0.1, 0.15) is 0 Å². The second-order valence-corrected chi connectivity index (χ2v) is 6.06. The van der Waals surface area contributed by atoms with Crippen LogP contribution in [0.2, 0.25) is 0 Å². The van der Waals surface area contributed by atoms with Gasteiger partial charge in [0.15, 0.2) is 6.10 Å². The molecule has 1 atom stereocenters. The Morgan fingerprint density at radius 2 is 1.74 bits per heavy atom. The summed E-state index contributed by atoms with van der Waals surface area (Å²) >= 11 is 0. The fourth-order valence-electron chi connectivity index (χ4n) is 1.64. The molecule has 124 valence electrons. The van der Waals surface area contributed by atoms with E-state index in [0.717, 1.165) is 6.08 Å². The molecule has 0 radical (unpaired) electrons. The molecule has 23 heavy (non-hydrogen) atoms. The third-order valence-corrected chi connectivity index (χ3v) is 2.72. The van der Waals surface area contributed by atoms with Crippen molar-refractivity contribution in [3.05, 3.63) is 42.5 Å². The monoisotopic (exact) mass is 318 g/mol. The van der Waals surface area contributed by atoms with E-state index >= 15 is 0 Å². The van der Waals surface area contributed by atoms with Crippen LogP contribution >= 0.6 is 0 Å². The zero-order valence-electron chi connectivity index (χ0n) is 13.8. The Balaban J connectivity index is 2.65. The van der Waals surface area contributed by atoms with Gasteiger partial charge in [-0.3, -0.25) is 9.59 Å². The highest BCUT2D eigenvalue weighted by molar-refractivity contribution is 5.99. The molecule has 1 aromatic rings. The minimum absolute atomic E-state index is 0.289. The molecule has 2 N–H and O–H groups in total. The van der Waals surface area contributed by atoms with E-state index in [1.54, 1.807) is 12.1 Å². The molecule has 0 saturated carbocycles. The lowest BCUT2D eigenvalue weighted by atomic mass is 10.1. The van der Waals surface area contributed by atoms with Crippen molar-refractivity contribution in [2.45, 2.75) is 39.3 Å². The number of carbonyl (C=O) groups excluding carboxylic acids is 3. The maximum Gasteiger partial charge on any atom is 0.338 e. The molecule has 0 spiro atoms. The number of rotatable bonds is 5. The van der Waals surface area contributed by atoms with E-state index in [0.29, 0.717) is 5.69 Å². The van der Waals surface area contributed by atoms with Crippen LogP contribution in [-0.2, 0) is 14.3 Å². The lowest BCUT2D eigenvalue weighted by Gasteiger charge is -2.23. The molecule has 1 aromatic carbocycles. The van der Waals surface area contributed by atoms with Crippen LogP contribution in [0.4, 0.5) is 5.69 Å². The Hall–Kier alpha value is -2.63. The molecule has 1 rings (SSSR count). The van der Waals surface area contributed by atoms with Crippen molar-refractivity contribution in [1.29, 1.82) is 0 Å². The molecule has 6 nitrogen and oxygen atoms in total. The predicted octanol–water partition coefficient (Wildman–Crippen LogP) is 2.27. The molecule has 0 aliphatic carbocycles. The van der Waals surface area contributed by atoms with Gasteiger partial charge < -0.3 is 15.4 Å². The molecule has 0 heterocycles. The highest BCUT2D eigenvalue weighted by Crippen LogP contribution is 2.12. The fraction of sp³-hybridized carbons (Fsp3) is 0.353. The van der Waals surface area contributed by atoms with E-state index < -0.39 is 17.6 Å². The molecule has 2 amide bonds. The normalized spacial score (nSPS) is 12.0. The van der Waals surface area contributed by atoms with Gasteiger partial charge in [0.2, 0.25) is 5.91 Å². The average Bonchev–Trinajstić information content (AvgIpc) is 2.45. The van der Waals surface area contributed by atoms with Crippen LogP contribution in [0.15, 0.2) is 36.9 Å². The Labute approximate surface area is 135 Å². The molecule has 6 heteroatoms. The number of amides is 2. The lowest BCUT2D eigenvalue weighted by Crippen LogP contribution is -2.46. The van der Waals surface area contributed by atoms with Crippen molar-refractivity contribution in [1.82, 2.24) is 5.32 Å². The molecule has 0 aromatic heterocycles. The van der Waals surface area contributed by atoms with Gasteiger partial charge in [-0.25, -0.2) is 4.79 Å². The quantitative estimate of drug-likeness (QED) is 0.644. The first-order valence-corrected chi connectivity index (χ1v) is 7.19. The van der Waals surface area contributed by atoms with Gasteiger partial charge in [-0.1, -0.05) is 6.58 Å². The second kappa shape index (κ2) is 7.58. The molecular formula is C17H22N2O4. The topological polar surface area (TPSA) is 84.5 Å². The first kappa shape index (κ1) is 18.4. The van der Waals surface area contributed by atoms with Gasteiger partial charge in [0.25, 0.3) is 5.91 Å². The number of hydrogen-bond acceptors (Lipinski definition) is 4. The number of benzene rings is 1. The smallest absolute Gasteiger partial charge is 0.338 e. The lowest BCUT2D eigenvalue weighted by molar-refractivity contribution is -0.130. The Bertz CT molecular complexity index is 600. The summed E-state index contributed by atoms with van der Waals surface area (Å²) < 4.78 is 5.13. The zero-order chi connectivity index (χ0) is 17.6. The van der Waals surface area contributed by atoms with Gasteiger partial charge >= 0.3 is 5.97 Å². The Morgan fingerprint density at radius 3 is 2.22 bits per heavy atom. The molecule has 0 fully saturated rings. The Morgan fingerprint density at radius 1 is 1.17 bits per heavy atom. The summed E-state index contributed by atoms with van der Waals surface area (Å²) in [5.41, 5.74) is 0.421. The largest absolute Gasteiger partial charge is 0.449 e. The van der Waals surface area contributed by atoms with Crippen LogP contribution in [0.3, 0.4) is 0 Å². The van der Waals surface area contributed by atoms with E-state index in [1.165, 1.54) is 19.1 Å². The van der Waals surface area contributed by atoms with Gasteiger partial charge in [-0.15, -0.1) is 0 Å². The summed E-state index contributed by atoms with van der Waals surface area (Å²) in [4.78, 5) is 35.1. The van der Waals surface area contributed by atoms with Crippen molar-refractivity contribution in [3.63, 3.8) is 0 Å². The van der Waals surface area contributed by atoms with E-state index in [4.69, 9.17) is 4.74 Å². The standard InChI is InChI=1S/C17H22N2O4/c1-6-14(20)18-13-9-7-12(8-10-13)16(22)23-11(2)15(21)19-17(3,4)5/h6-11H,1H2,2-5H3,(H,18,20)(H,19,21). The van der Waals surface area contributed by atoms with Crippen molar-refractivity contribution in [3.8, 4) is 0 Å². The zero-order valence-corrected chi connectivity index (χ0v) is 13.8. The fourth-order valence-corrected chi connectivity index (χ4v) is 1.64. The average molecular weight is 318 g/mol. The first-order valence-electron chi connectivity index (χ1n) is 7.19. The third kappa shape index (κ3) is 6.34. The van der Waals surface area contributed by atoms with Gasteiger partial charge in [-0.05, 0) is 58.0 Å². The minimum Gasteiger partial charge on any atom is -0.449 e. The maximum absolute atomic E-state index is 12.0. The first-order chi connectivity index (χ1) is 10.6. The number of anilines is 1. The van der Waals surface area contributed by atoms with E-state index in [9.17, 15) is 14.4 Å². The molecule has 0 aliphatic rings. The van der Waals surface area contributed by atoms with Crippen LogP contribution in [0.5, 0.6) is 0 Å². The second-order valence-electron chi connectivity index (χ2n) is 6.06. The van der Waals surface area contributed by atoms with E-state index in [1.807, 2.05) is 20.8 Å². The van der Waals surface area contributed by atoms with Gasteiger partial charge in [0.05, 0.1) is 5.56 Å². The summed E-state index contributed by atoms with van der Waals surface area (Å²) in [7, 11) is 0. The molecule has 0 saturated heterocycles. The van der Waals surface area contributed by atoms with Crippen LogP contribution in [0.25, 0.3) is 0 Å². The van der Waals surface area contributed by atoms with Crippen molar-refractivity contribution < 1.29 is 19.1 Å². The SMILES string of the molecule is C=CC(=O)Nc1ccc(C(=O)OC(C)C(=O)NC(C)(C)C)cc1. The minimum atomic E-state index is -0.901. The number of ether oxygens (including phenoxy) is 1. The number of nitrogens with one attached hydrogen (secondary N) is 2. The van der Waals surface area contributed by atoms with Crippen LogP contribution < -0.4 is 10.6 Å². The summed E-state index contributed by atoms with van der Waals surface area (Å²) in [6.45, 7) is 10.4. The molecule has 0 bridgehead atoms. The molecular weight excluding hydrogens is 296 g/mol. The van der Waals surface area contributed by atoms with Crippen molar-refractivity contribution in [2.75, 3.05) is 5.32 Å². The maximum atomic E-state index is 12.0. The van der Waals surface area contributed by atoms with Crippen molar-refractivity contribution in [2.24, 2.45) is 0 Å². The van der Waals surface area contributed by atoms with Crippen molar-refractivity contribution >= 4 is 23.5 Å². The summed E-state index contributed by atoms with van der Waals surface area (Å²) in [5.74, 6) is -1.31. The van der Waals surface area contributed by atoms with Gasteiger partial charge in [0, 0.05) is 11.2 Å². The molecule has 1 unspecified atom stereocenters. The predicted molar refractivity (Wildman–Crippen MR) is 88.0 cm³/mol. The highest BCUT2D eigenvalue weighted by atomic mass is 16.5. The third-order valence-electron chi connectivity index (χ3n) is 2.72. The summed E-state index contributed by atoms with van der Waals surface area (Å²) in [5, 5.41) is 5.31. The van der Waals surface area contributed by atoms with Gasteiger partial charge in [-0.2, -0.15) is 0 Å². The number of esters is 1. The number of hydrogen-bond donors (Lipinski definition) is 2. The van der Waals surface area contributed by atoms with E-state index in [-0.39, 0.29) is 17.4 Å². The molecule has 0 aliphatic heterocycles. The Kier molecular flexibility index (Phi) is 6.07. The van der Waals surface area contributed by atoms with Crippen LogP contribution in [0, 0.1) is 0 Å².